The van der Waals surface area contributed by atoms with E-state index >= 15 is 0 Å². The predicted molar refractivity (Wildman–Crippen MR) is 88.4 cm³/mol. The fraction of sp³-hybridized carbons (Fsp3) is 0.333. The molecule has 0 spiro atoms. The summed E-state index contributed by atoms with van der Waals surface area (Å²) in [6.07, 6.45) is -7.24. The molecular weight excluding hydrogens is 404 g/mol. The van der Waals surface area contributed by atoms with E-state index in [1.165, 1.54) is 12.1 Å². The Bertz CT molecular complexity index is 934. The number of rotatable bonds is 5. The van der Waals surface area contributed by atoms with Gasteiger partial charge in [0.25, 0.3) is 5.78 Å². The zero-order chi connectivity index (χ0) is 21.4. The Morgan fingerprint density at radius 3 is 2.14 bits per heavy atom. The molecule has 0 amide bonds. The van der Waals surface area contributed by atoms with Crippen LogP contribution in [0.3, 0.4) is 0 Å². The van der Waals surface area contributed by atoms with Crippen LogP contribution in [0, 0.1) is 0 Å². The number of nitrogens with one attached hydrogen (secondary N) is 1. The summed E-state index contributed by atoms with van der Waals surface area (Å²) in [5.41, 5.74) is -2.95. The molecule has 5 nitrogen and oxygen atoms in total. The highest BCUT2D eigenvalue weighted by atomic mass is 19.4. The molecule has 1 N–H and O–H groups in total. The van der Waals surface area contributed by atoms with Crippen LogP contribution >= 0.6 is 0 Å². The van der Waals surface area contributed by atoms with Gasteiger partial charge in [-0.15, -0.1) is 0 Å². The van der Waals surface area contributed by atoms with Gasteiger partial charge in [0.05, 0.1) is 16.7 Å². The van der Waals surface area contributed by atoms with E-state index in [-0.39, 0.29) is 12.2 Å². The molecular formula is C18H13F6N3O2. The van der Waals surface area contributed by atoms with Crippen LogP contribution in [-0.2, 0) is 11.7 Å². The lowest BCUT2D eigenvalue weighted by Gasteiger charge is -2.43. The topological polar surface area (TPSA) is 72.0 Å². The van der Waals surface area contributed by atoms with E-state index in [0.29, 0.717) is 18.4 Å². The molecule has 11 heteroatoms. The van der Waals surface area contributed by atoms with Gasteiger partial charge < -0.3 is 5.32 Å². The summed E-state index contributed by atoms with van der Waals surface area (Å²) in [7, 11) is 0. The molecule has 1 aromatic carbocycles. The first kappa shape index (κ1) is 20.7. The molecule has 0 unspecified atom stereocenters. The number of halogens is 6. The highest BCUT2D eigenvalue weighted by molar-refractivity contribution is 6.04. The van der Waals surface area contributed by atoms with Crippen LogP contribution < -0.4 is 5.32 Å². The molecule has 0 atom stereocenters. The van der Waals surface area contributed by atoms with E-state index in [2.05, 4.69) is 15.3 Å². The van der Waals surface area contributed by atoms with Crippen LogP contribution in [0.15, 0.2) is 30.5 Å². The second-order valence-corrected chi connectivity index (χ2v) is 6.58. The van der Waals surface area contributed by atoms with Crippen molar-refractivity contribution in [1.82, 2.24) is 9.97 Å². The summed E-state index contributed by atoms with van der Waals surface area (Å²) < 4.78 is 76.6. The lowest BCUT2D eigenvalue weighted by Crippen LogP contribution is -2.42. The third-order valence-electron chi connectivity index (χ3n) is 4.74. The smallest absolute Gasteiger partial charge is 0.345 e. The summed E-state index contributed by atoms with van der Waals surface area (Å²) in [4.78, 5) is 29.8. The van der Waals surface area contributed by atoms with Crippen molar-refractivity contribution in [3.63, 3.8) is 0 Å². The fourth-order valence-corrected chi connectivity index (χ4v) is 3.06. The summed E-state index contributed by atoms with van der Waals surface area (Å²) in [5.74, 6) is -2.62. The Hall–Kier alpha value is -2.98. The molecule has 3 rings (SSSR count). The Morgan fingerprint density at radius 2 is 1.69 bits per heavy atom. The molecule has 0 aliphatic heterocycles. The second kappa shape index (κ2) is 7.12. The van der Waals surface area contributed by atoms with E-state index in [4.69, 9.17) is 0 Å². The molecule has 0 bridgehead atoms. The maximum Gasteiger partial charge on any atom is 0.456 e. The highest BCUT2D eigenvalue weighted by Crippen LogP contribution is 2.44. The number of benzene rings is 1. The minimum absolute atomic E-state index is 0.0394. The molecule has 1 aromatic heterocycles. The first-order valence-electron chi connectivity index (χ1n) is 8.36. The van der Waals surface area contributed by atoms with Crippen molar-refractivity contribution < 1.29 is 35.9 Å². The van der Waals surface area contributed by atoms with Gasteiger partial charge in [0.2, 0.25) is 5.95 Å². The molecule has 1 saturated carbocycles. The van der Waals surface area contributed by atoms with Gasteiger partial charge in [-0.1, -0.05) is 12.1 Å². The molecule has 1 aliphatic rings. The van der Waals surface area contributed by atoms with Gasteiger partial charge in [-0.05, 0) is 37.0 Å². The molecule has 1 aliphatic carbocycles. The number of anilines is 1. The van der Waals surface area contributed by atoms with Crippen LogP contribution in [0.2, 0.25) is 0 Å². The second-order valence-electron chi connectivity index (χ2n) is 6.58. The van der Waals surface area contributed by atoms with Crippen molar-refractivity contribution in [3.05, 3.63) is 52.8 Å². The number of carbonyl (C=O) groups excluding carboxylic acids is 2. The van der Waals surface area contributed by atoms with E-state index in [0.717, 1.165) is 24.8 Å². The van der Waals surface area contributed by atoms with E-state index in [1.54, 1.807) is 0 Å². The van der Waals surface area contributed by atoms with Crippen LogP contribution in [0.1, 0.15) is 51.2 Å². The molecule has 1 heterocycles. The molecule has 0 radical (unpaired) electrons. The monoisotopic (exact) mass is 417 g/mol. The third-order valence-corrected chi connectivity index (χ3v) is 4.74. The van der Waals surface area contributed by atoms with Crippen LogP contribution in [0.5, 0.6) is 0 Å². The van der Waals surface area contributed by atoms with Gasteiger partial charge in [0.1, 0.15) is 5.69 Å². The van der Waals surface area contributed by atoms with Crippen molar-refractivity contribution in [3.8, 4) is 0 Å². The zero-order valence-corrected chi connectivity index (χ0v) is 14.6. The number of hydrogen-bond donors (Lipinski definition) is 1. The maximum atomic E-state index is 12.8. The highest BCUT2D eigenvalue weighted by Gasteiger charge is 2.43. The van der Waals surface area contributed by atoms with Gasteiger partial charge in [-0.3, -0.25) is 9.59 Å². The fourth-order valence-electron chi connectivity index (χ4n) is 3.06. The SMILES string of the molecule is O=Cc1cnc(NC2(c3ccc(C(F)(F)F)cc3)CCC2)nc1C(=O)C(F)(F)F. The number of nitrogens with zero attached hydrogens (tertiary/aromatic N) is 2. The molecule has 154 valence electrons. The number of carbonyl (C=O) groups is 2. The Kier molecular flexibility index (Phi) is 5.10. The quantitative estimate of drug-likeness (QED) is 0.439. The largest absolute Gasteiger partial charge is 0.456 e. The first-order valence-corrected chi connectivity index (χ1v) is 8.36. The molecule has 2 aromatic rings. The van der Waals surface area contributed by atoms with E-state index in [9.17, 15) is 35.9 Å². The van der Waals surface area contributed by atoms with Crippen molar-refractivity contribution in [2.75, 3.05) is 5.32 Å². The van der Waals surface area contributed by atoms with Gasteiger partial charge in [0, 0.05) is 6.20 Å². The number of alkyl halides is 6. The zero-order valence-electron chi connectivity index (χ0n) is 14.6. The number of aldehydes is 1. The number of aromatic nitrogens is 2. The third kappa shape index (κ3) is 4.08. The van der Waals surface area contributed by atoms with Crippen LogP contribution in [0.4, 0.5) is 32.3 Å². The molecule has 0 saturated heterocycles. The molecule has 29 heavy (non-hydrogen) atoms. The number of ketones is 1. The minimum Gasteiger partial charge on any atom is -0.345 e. The Morgan fingerprint density at radius 1 is 1.07 bits per heavy atom. The summed E-state index contributed by atoms with van der Waals surface area (Å²) >= 11 is 0. The van der Waals surface area contributed by atoms with Crippen LogP contribution in [-0.4, -0.2) is 28.2 Å². The Balaban J connectivity index is 1.93. The number of Topliss-reactive ketones (excluding diaryl/α,β-unsaturated/α-hetero) is 1. The van der Waals surface area contributed by atoms with Gasteiger partial charge in [-0.25, -0.2) is 9.97 Å². The predicted octanol–water partition coefficient (Wildman–Crippen LogP) is 4.54. The lowest BCUT2D eigenvalue weighted by atomic mass is 9.71. The first-order chi connectivity index (χ1) is 13.5. The average molecular weight is 417 g/mol. The van der Waals surface area contributed by atoms with E-state index in [1.807, 2.05) is 0 Å². The van der Waals surface area contributed by atoms with Crippen LogP contribution in [0.25, 0.3) is 0 Å². The molecule has 1 fully saturated rings. The van der Waals surface area contributed by atoms with Crippen molar-refractivity contribution in [2.45, 2.75) is 37.2 Å². The standard InChI is InChI=1S/C18H13F6N3O2/c19-17(20,21)12-4-2-11(3-5-12)16(6-1-7-16)27-15-25-8-10(9-28)13(26-15)14(29)18(22,23)24/h2-5,8-9H,1,6-7H2,(H,25,26,27). The lowest BCUT2D eigenvalue weighted by molar-refractivity contribution is -0.137. The summed E-state index contributed by atoms with van der Waals surface area (Å²) in [6, 6.07) is 4.37. The summed E-state index contributed by atoms with van der Waals surface area (Å²) in [5, 5.41) is 2.83. The van der Waals surface area contributed by atoms with Gasteiger partial charge in [0.15, 0.2) is 6.29 Å². The normalized spacial score (nSPS) is 16.1. The van der Waals surface area contributed by atoms with Crippen molar-refractivity contribution in [2.24, 2.45) is 0 Å². The Labute approximate surface area is 160 Å². The van der Waals surface area contributed by atoms with Crippen molar-refractivity contribution >= 4 is 18.0 Å². The average Bonchev–Trinajstić information content (AvgIpc) is 2.62. The van der Waals surface area contributed by atoms with E-state index < -0.39 is 40.5 Å². The number of hydrogen-bond acceptors (Lipinski definition) is 5. The maximum absolute atomic E-state index is 12.8. The van der Waals surface area contributed by atoms with Gasteiger partial charge >= 0.3 is 12.4 Å². The minimum atomic E-state index is -5.23. The van der Waals surface area contributed by atoms with Crippen molar-refractivity contribution in [1.29, 1.82) is 0 Å². The van der Waals surface area contributed by atoms with Gasteiger partial charge in [-0.2, -0.15) is 26.3 Å². The summed E-state index contributed by atoms with van der Waals surface area (Å²) in [6.45, 7) is 0.